The zero-order valence-electron chi connectivity index (χ0n) is 16.3. The third-order valence-electron chi connectivity index (χ3n) is 4.99. The van der Waals surface area contributed by atoms with E-state index in [-0.39, 0.29) is 18.1 Å². The van der Waals surface area contributed by atoms with E-state index in [1.54, 1.807) is 12.0 Å². The minimum absolute atomic E-state index is 0.195. The molecule has 0 spiro atoms. The molecule has 154 valence electrons. The molecule has 9 nitrogen and oxygen atoms in total. The molecule has 1 fully saturated rings. The quantitative estimate of drug-likeness (QED) is 0.538. The number of rotatable bonds is 6. The first-order valence-electron chi connectivity index (χ1n) is 9.44. The molecule has 29 heavy (non-hydrogen) atoms. The molecule has 0 bridgehead atoms. The maximum atomic E-state index is 12.7. The summed E-state index contributed by atoms with van der Waals surface area (Å²) in [5.41, 5.74) is 0.535. The van der Waals surface area contributed by atoms with Gasteiger partial charge in [-0.2, -0.15) is 0 Å². The van der Waals surface area contributed by atoms with Crippen LogP contribution in [0, 0.1) is 10.1 Å². The van der Waals surface area contributed by atoms with Crippen LogP contribution in [0.25, 0.3) is 0 Å². The largest absolute Gasteiger partial charge is 0.497 e. The van der Waals surface area contributed by atoms with Crippen molar-refractivity contribution in [2.75, 3.05) is 33.3 Å². The van der Waals surface area contributed by atoms with E-state index >= 15 is 0 Å². The van der Waals surface area contributed by atoms with E-state index in [1.165, 1.54) is 5.56 Å². The maximum absolute atomic E-state index is 12.7. The second kappa shape index (κ2) is 9.33. The monoisotopic (exact) mass is 400 g/mol. The van der Waals surface area contributed by atoms with E-state index in [9.17, 15) is 19.7 Å². The number of nitro groups is 1. The molecule has 9 heteroatoms. The fraction of sp³-hybridized carbons (Fsp3) is 0.400. The highest BCUT2D eigenvalue weighted by atomic mass is 16.6. The van der Waals surface area contributed by atoms with Gasteiger partial charge in [0, 0.05) is 44.9 Å². The lowest BCUT2D eigenvalue weighted by Gasteiger charge is -2.22. The van der Waals surface area contributed by atoms with Crippen molar-refractivity contribution >= 4 is 11.6 Å². The average Bonchev–Trinajstić information content (AvgIpc) is 2.95. The van der Waals surface area contributed by atoms with Gasteiger partial charge in [0.25, 0.3) is 11.2 Å². The Morgan fingerprint density at radius 3 is 2.55 bits per heavy atom. The highest BCUT2D eigenvalue weighted by molar-refractivity contribution is 5.76. The number of nitrogens with zero attached hydrogens (tertiary/aromatic N) is 4. The predicted molar refractivity (Wildman–Crippen MR) is 107 cm³/mol. The highest BCUT2D eigenvalue weighted by Gasteiger charge is 2.20. The number of pyridine rings is 1. The lowest BCUT2D eigenvalue weighted by molar-refractivity contribution is -0.385. The summed E-state index contributed by atoms with van der Waals surface area (Å²) >= 11 is 0. The summed E-state index contributed by atoms with van der Waals surface area (Å²) in [6.45, 7) is 3.34. The van der Waals surface area contributed by atoms with Crippen LogP contribution in [0.3, 0.4) is 0 Å². The number of hydrogen-bond acceptors (Lipinski definition) is 6. The Labute approximate surface area is 168 Å². The van der Waals surface area contributed by atoms with Crippen molar-refractivity contribution in [3.63, 3.8) is 0 Å². The van der Waals surface area contributed by atoms with Gasteiger partial charge < -0.3 is 9.64 Å². The predicted octanol–water partition coefficient (Wildman–Crippen LogP) is 1.50. The molecular formula is C20H24N4O5. The number of ether oxygens (including phenoxy) is 1. The maximum Gasteiger partial charge on any atom is 0.285 e. The fourth-order valence-electron chi connectivity index (χ4n) is 3.36. The minimum atomic E-state index is -0.580. The van der Waals surface area contributed by atoms with Crippen molar-refractivity contribution in [1.82, 2.24) is 14.4 Å². The first-order chi connectivity index (χ1) is 14.0. The Hall–Kier alpha value is -3.20. The first-order valence-corrected chi connectivity index (χ1v) is 9.44. The third-order valence-corrected chi connectivity index (χ3v) is 4.99. The van der Waals surface area contributed by atoms with Gasteiger partial charge in [0.2, 0.25) is 5.91 Å². The van der Waals surface area contributed by atoms with Gasteiger partial charge >= 0.3 is 0 Å². The summed E-state index contributed by atoms with van der Waals surface area (Å²) in [6, 6.07) is 10.2. The molecule has 0 N–H and O–H groups in total. The number of carbonyl (C=O) groups excluding carboxylic acids is 1. The number of carbonyl (C=O) groups is 1. The number of hydrogen-bond donors (Lipinski definition) is 0. The number of benzene rings is 1. The summed E-state index contributed by atoms with van der Waals surface area (Å²) in [4.78, 5) is 38.9. The first kappa shape index (κ1) is 20.5. The molecular weight excluding hydrogens is 376 g/mol. The summed E-state index contributed by atoms with van der Waals surface area (Å²) < 4.78 is 6.28. The van der Waals surface area contributed by atoms with E-state index in [0.717, 1.165) is 54.7 Å². The molecule has 1 aromatic carbocycles. The van der Waals surface area contributed by atoms with Gasteiger partial charge in [-0.3, -0.25) is 29.2 Å². The summed E-state index contributed by atoms with van der Waals surface area (Å²) in [7, 11) is 1.64. The van der Waals surface area contributed by atoms with Gasteiger partial charge in [-0.05, 0) is 24.1 Å². The molecule has 0 atom stereocenters. The Kier molecular flexibility index (Phi) is 6.61. The number of amides is 1. The van der Waals surface area contributed by atoms with Gasteiger partial charge in [-0.15, -0.1) is 0 Å². The summed E-state index contributed by atoms with van der Waals surface area (Å²) in [5.74, 6) is 0.608. The second-order valence-corrected chi connectivity index (χ2v) is 6.97. The zero-order valence-corrected chi connectivity index (χ0v) is 16.3. The van der Waals surface area contributed by atoms with Crippen molar-refractivity contribution in [3.8, 4) is 5.75 Å². The molecule has 1 aliphatic heterocycles. The summed E-state index contributed by atoms with van der Waals surface area (Å²) in [5, 5.41) is 10.9. The van der Waals surface area contributed by atoms with E-state index in [1.807, 2.05) is 24.3 Å². The van der Waals surface area contributed by atoms with E-state index in [2.05, 4.69) is 4.90 Å². The average molecular weight is 400 g/mol. The molecule has 2 heterocycles. The van der Waals surface area contributed by atoms with E-state index < -0.39 is 10.5 Å². The smallest absolute Gasteiger partial charge is 0.285 e. The molecule has 0 radical (unpaired) electrons. The number of aromatic nitrogens is 1. The van der Waals surface area contributed by atoms with E-state index in [0.29, 0.717) is 13.1 Å². The van der Waals surface area contributed by atoms with Crippen molar-refractivity contribution < 1.29 is 14.5 Å². The Morgan fingerprint density at radius 2 is 1.86 bits per heavy atom. The molecule has 1 saturated heterocycles. The van der Waals surface area contributed by atoms with Gasteiger partial charge in [-0.1, -0.05) is 12.1 Å². The van der Waals surface area contributed by atoms with Crippen molar-refractivity contribution in [1.29, 1.82) is 0 Å². The Balaban J connectivity index is 1.58. The lowest BCUT2D eigenvalue weighted by atomic mass is 10.2. The van der Waals surface area contributed by atoms with Crippen LogP contribution in [0.5, 0.6) is 5.75 Å². The third kappa shape index (κ3) is 5.41. The minimum Gasteiger partial charge on any atom is -0.497 e. The van der Waals surface area contributed by atoms with E-state index in [4.69, 9.17) is 4.74 Å². The Bertz CT molecular complexity index is 925. The van der Waals surface area contributed by atoms with Crippen LogP contribution in [-0.4, -0.2) is 58.5 Å². The SMILES string of the molecule is COc1ccc(CN2CCCN(C(=O)Cn3cc([N+](=O)[O-])ccc3=O)CC2)cc1. The molecule has 1 amide bonds. The van der Waals surface area contributed by atoms with Crippen molar-refractivity contribution in [2.24, 2.45) is 0 Å². The van der Waals surface area contributed by atoms with Crippen LogP contribution in [0.15, 0.2) is 47.4 Å². The van der Waals surface area contributed by atoms with Crippen molar-refractivity contribution in [2.45, 2.75) is 19.5 Å². The fourth-order valence-corrected chi connectivity index (χ4v) is 3.36. The molecule has 0 aliphatic carbocycles. The van der Waals surface area contributed by atoms with Gasteiger partial charge in [0.1, 0.15) is 12.3 Å². The molecule has 1 aromatic heterocycles. The second-order valence-electron chi connectivity index (χ2n) is 6.97. The molecule has 2 aromatic rings. The van der Waals surface area contributed by atoms with Crippen LogP contribution in [-0.2, 0) is 17.9 Å². The number of methoxy groups -OCH3 is 1. The lowest BCUT2D eigenvalue weighted by Crippen LogP contribution is -2.38. The van der Waals surface area contributed by atoms with Crippen LogP contribution in [0.4, 0.5) is 5.69 Å². The van der Waals surface area contributed by atoms with Crippen LogP contribution in [0.2, 0.25) is 0 Å². The normalized spacial score (nSPS) is 15.0. The summed E-state index contributed by atoms with van der Waals surface area (Å²) in [6.07, 6.45) is 1.94. The standard InChI is InChI=1S/C20H24N4O5/c1-29-18-6-3-16(4-7-18)13-21-9-2-10-22(12-11-21)20(26)15-23-14-17(24(27)28)5-8-19(23)25/h3-8,14H,2,9-13,15H2,1H3. The van der Waals surface area contributed by atoms with Gasteiger partial charge in [0.05, 0.1) is 18.2 Å². The van der Waals surface area contributed by atoms with Gasteiger partial charge in [-0.25, -0.2) is 0 Å². The van der Waals surface area contributed by atoms with Gasteiger partial charge in [0.15, 0.2) is 0 Å². The van der Waals surface area contributed by atoms with Crippen LogP contribution >= 0.6 is 0 Å². The highest BCUT2D eigenvalue weighted by Crippen LogP contribution is 2.14. The molecule has 3 rings (SSSR count). The molecule has 1 aliphatic rings. The van der Waals surface area contributed by atoms with Crippen LogP contribution < -0.4 is 10.3 Å². The zero-order chi connectivity index (χ0) is 20.8. The molecule has 0 unspecified atom stereocenters. The Morgan fingerprint density at radius 1 is 1.10 bits per heavy atom. The topological polar surface area (TPSA) is 97.9 Å². The molecule has 0 saturated carbocycles. The van der Waals surface area contributed by atoms with Crippen molar-refractivity contribution in [3.05, 3.63) is 68.6 Å². The van der Waals surface area contributed by atoms with Crippen LogP contribution in [0.1, 0.15) is 12.0 Å².